The van der Waals surface area contributed by atoms with E-state index < -0.39 is 0 Å². The number of halogens is 1. The number of nitriles is 1. The van der Waals surface area contributed by atoms with Crippen LogP contribution in [0.15, 0.2) is 24.5 Å². The maximum Gasteiger partial charge on any atom is 0.231 e. The summed E-state index contributed by atoms with van der Waals surface area (Å²) < 4.78 is 5.83. The molecular weight excluding hydrogens is 306 g/mol. The lowest BCUT2D eigenvalue weighted by Gasteiger charge is -2.08. The normalized spacial score (nSPS) is 10.6. The SMILES string of the molecule is Cc1sc2ncnc(Oc3ccc(C#N)cc3Cl)c2c1C. The Bertz CT molecular complexity index is 882. The Kier molecular flexibility index (Phi) is 3.50. The summed E-state index contributed by atoms with van der Waals surface area (Å²) in [7, 11) is 0. The zero-order valence-electron chi connectivity index (χ0n) is 11.3. The number of rotatable bonds is 2. The van der Waals surface area contributed by atoms with Crippen molar-refractivity contribution in [3.63, 3.8) is 0 Å². The minimum atomic E-state index is 0.380. The molecular formula is C15H10ClN3OS. The van der Waals surface area contributed by atoms with E-state index in [0.29, 0.717) is 22.2 Å². The number of fused-ring (bicyclic) bond motifs is 1. The summed E-state index contributed by atoms with van der Waals surface area (Å²) in [6.07, 6.45) is 1.48. The first-order valence-electron chi connectivity index (χ1n) is 6.18. The van der Waals surface area contributed by atoms with Gasteiger partial charge in [0.05, 0.1) is 22.0 Å². The molecule has 104 valence electrons. The Morgan fingerprint density at radius 2 is 2.10 bits per heavy atom. The molecule has 3 aromatic rings. The van der Waals surface area contributed by atoms with Crippen LogP contribution in [-0.2, 0) is 0 Å². The van der Waals surface area contributed by atoms with Gasteiger partial charge in [0.15, 0.2) is 0 Å². The Hall–Kier alpha value is -2.16. The average molecular weight is 316 g/mol. The molecule has 0 unspecified atom stereocenters. The highest BCUT2D eigenvalue weighted by Gasteiger charge is 2.14. The van der Waals surface area contributed by atoms with Crippen molar-refractivity contribution in [3.05, 3.63) is 45.6 Å². The molecule has 0 aliphatic carbocycles. The van der Waals surface area contributed by atoms with Crippen molar-refractivity contribution in [2.75, 3.05) is 0 Å². The zero-order chi connectivity index (χ0) is 15.0. The van der Waals surface area contributed by atoms with Gasteiger partial charge in [-0.25, -0.2) is 9.97 Å². The molecule has 0 N–H and O–H groups in total. The summed E-state index contributed by atoms with van der Waals surface area (Å²) in [5.41, 5.74) is 1.60. The number of ether oxygens (including phenoxy) is 1. The standard InChI is InChI=1S/C15H10ClN3OS/c1-8-9(2)21-15-13(8)14(18-7-19-15)20-12-4-3-10(6-17)5-11(12)16/h3-5,7H,1-2H3. The predicted molar refractivity (Wildman–Crippen MR) is 83.1 cm³/mol. The van der Waals surface area contributed by atoms with E-state index in [1.807, 2.05) is 19.9 Å². The van der Waals surface area contributed by atoms with Gasteiger partial charge in [0.2, 0.25) is 5.88 Å². The third-order valence-electron chi connectivity index (χ3n) is 3.20. The second-order valence-corrected chi connectivity index (χ2v) is 6.11. The third-order valence-corrected chi connectivity index (χ3v) is 4.61. The van der Waals surface area contributed by atoms with Crippen LogP contribution in [0.3, 0.4) is 0 Å². The number of nitrogens with zero attached hydrogens (tertiary/aromatic N) is 3. The maximum absolute atomic E-state index is 8.85. The summed E-state index contributed by atoms with van der Waals surface area (Å²) in [5.74, 6) is 0.951. The highest BCUT2D eigenvalue weighted by atomic mass is 35.5. The van der Waals surface area contributed by atoms with Crippen LogP contribution in [0.4, 0.5) is 0 Å². The molecule has 0 spiro atoms. The predicted octanol–water partition coefficient (Wildman–Crippen LogP) is 4.63. The van der Waals surface area contributed by atoms with Crippen LogP contribution in [-0.4, -0.2) is 9.97 Å². The molecule has 2 aromatic heterocycles. The van der Waals surface area contributed by atoms with Gasteiger partial charge in [-0.2, -0.15) is 5.26 Å². The molecule has 3 rings (SSSR count). The average Bonchev–Trinajstić information content (AvgIpc) is 2.77. The van der Waals surface area contributed by atoms with E-state index in [1.54, 1.807) is 29.5 Å². The van der Waals surface area contributed by atoms with Gasteiger partial charge < -0.3 is 4.74 Å². The van der Waals surface area contributed by atoms with Crippen molar-refractivity contribution in [1.29, 1.82) is 5.26 Å². The number of benzene rings is 1. The number of aryl methyl sites for hydroxylation is 2. The van der Waals surface area contributed by atoms with Gasteiger partial charge in [-0.05, 0) is 37.6 Å². The van der Waals surface area contributed by atoms with Crippen molar-refractivity contribution < 1.29 is 4.74 Å². The Morgan fingerprint density at radius 3 is 2.81 bits per heavy atom. The lowest BCUT2D eigenvalue weighted by Crippen LogP contribution is -1.91. The van der Waals surface area contributed by atoms with Crippen LogP contribution in [0.2, 0.25) is 5.02 Å². The zero-order valence-corrected chi connectivity index (χ0v) is 12.9. The molecule has 0 radical (unpaired) electrons. The van der Waals surface area contributed by atoms with E-state index in [1.165, 1.54) is 11.2 Å². The van der Waals surface area contributed by atoms with Crippen LogP contribution < -0.4 is 4.74 Å². The lowest BCUT2D eigenvalue weighted by atomic mass is 10.2. The van der Waals surface area contributed by atoms with E-state index in [-0.39, 0.29) is 0 Å². The minimum Gasteiger partial charge on any atom is -0.437 e. The molecule has 1 aromatic carbocycles. The minimum absolute atomic E-state index is 0.380. The first kappa shape index (κ1) is 13.8. The summed E-state index contributed by atoms with van der Waals surface area (Å²) in [5, 5.41) is 10.1. The van der Waals surface area contributed by atoms with Gasteiger partial charge in [-0.1, -0.05) is 11.6 Å². The largest absolute Gasteiger partial charge is 0.437 e. The van der Waals surface area contributed by atoms with Crippen molar-refractivity contribution in [2.45, 2.75) is 13.8 Å². The van der Waals surface area contributed by atoms with Crippen LogP contribution in [0.25, 0.3) is 10.2 Å². The van der Waals surface area contributed by atoms with E-state index in [9.17, 15) is 0 Å². The Morgan fingerprint density at radius 1 is 1.29 bits per heavy atom. The van der Waals surface area contributed by atoms with Crippen LogP contribution in [0.5, 0.6) is 11.6 Å². The first-order chi connectivity index (χ1) is 10.1. The quantitative estimate of drug-likeness (QED) is 0.692. The molecule has 6 heteroatoms. The third kappa shape index (κ3) is 2.44. The van der Waals surface area contributed by atoms with E-state index >= 15 is 0 Å². The van der Waals surface area contributed by atoms with Gasteiger partial charge in [0, 0.05) is 4.88 Å². The second-order valence-electron chi connectivity index (χ2n) is 4.50. The number of hydrogen-bond acceptors (Lipinski definition) is 5. The maximum atomic E-state index is 8.85. The van der Waals surface area contributed by atoms with Crippen molar-refractivity contribution in [1.82, 2.24) is 9.97 Å². The molecule has 0 amide bonds. The molecule has 4 nitrogen and oxygen atoms in total. The van der Waals surface area contributed by atoms with Crippen molar-refractivity contribution in [2.24, 2.45) is 0 Å². The highest BCUT2D eigenvalue weighted by molar-refractivity contribution is 7.18. The fourth-order valence-electron chi connectivity index (χ4n) is 1.98. The Balaban J connectivity index is 2.08. The molecule has 0 aliphatic rings. The van der Waals surface area contributed by atoms with Gasteiger partial charge in [0.25, 0.3) is 0 Å². The van der Waals surface area contributed by atoms with Crippen LogP contribution in [0.1, 0.15) is 16.0 Å². The molecule has 0 bridgehead atoms. The van der Waals surface area contributed by atoms with Gasteiger partial charge >= 0.3 is 0 Å². The molecule has 0 atom stereocenters. The highest BCUT2D eigenvalue weighted by Crippen LogP contribution is 2.37. The molecule has 0 aliphatic heterocycles. The lowest BCUT2D eigenvalue weighted by molar-refractivity contribution is 0.468. The van der Waals surface area contributed by atoms with E-state index in [2.05, 4.69) is 9.97 Å². The summed E-state index contributed by atoms with van der Waals surface area (Å²) in [4.78, 5) is 10.5. The number of thiophene rings is 1. The van der Waals surface area contributed by atoms with Crippen LogP contribution in [0, 0.1) is 25.2 Å². The molecule has 0 saturated heterocycles. The van der Waals surface area contributed by atoms with Crippen LogP contribution >= 0.6 is 22.9 Å². The fourth-order valence-corrected chi connectivity index (χ4v) is 3.19. The smallest absolute Gasteiger partial charge is 0.231 e. The summed E-state index contributed by atoms with van der Waals surface area (Å²) in [6.45, 7) is 4.06. The molecule has 21 heavy (non-hydrogen) atoms. The second kappa shape index (κ2) is 5.32. The number of aromatic nitrogens is 2. The summed E-state index contributed by atoms with van der Waals surface area (Å²) in [6, 6.07) is 6.94. The molecule has 0 saturated carbocycles. The van der Waals surface area contributed by atoms with E-state index in [4.69, 9.17) is 21.6 Å². The van der Waals surface area contributed by atoms with Crippen molar-refractivity contribution in [3.8, 4) is 17.7 Å². The van der Waals surface area contributed by atoms with Gasteiger partial charge in [-0.15, -0.1) is 11.3 Å². The Labute approximate surface area is 130 Å². The summed E-state index contributed by atoms with van der Waals surface area (Å²) >= 11 is 7.74. The molecule has 2 heterocycles. The first-order valence-corrected chi connectivity index (χ1v) is 7.38. The number of hydrogen-bond donors (Lipinski definition) is 0. The fraction of sp³-hybridized carbons (Fsp3) is 0.133. The van der Waals surface area contributed by atoms with Gasteiger partial charge in [0.1, 0.15) is 16.9 Å². The van der Waals surface area contributed by atoms with E-state index in [0.717, 1.165) is 15.8 Å². The van der Waals surface area contributed by atoms with Crippen molar-refractivity contribution >= 4 is 33.2 Å². The van der Waals surface area contributed by atoms with Gasteiger partial charge in [-0.3, -0.25) is 0 Å². The molecule has 0 fully saturated rings. The monoisotopic (exact) mass is 315 g/mol. The topological polar surface area (TPSA) is 58.8 Å².